The fraction of sp³-hybridized carbons (Fsp3) is 0.350. The van der Waals surface area contributed by atoms with Gasteiger partial charge in [-0.05, 0) is 25.8 Å². The van der Waals surface area contributed by atoms with Gasteiger partial charge in [-0.3, -0.25) is 4.79 Å². The molecule has 1 atom stereocenters. The van der Waals surface area contributed by atoms with E-state index in [0.29, 0.717) is 5.88 Å². The number of hydrogen-bond donors (Lipinski definition) is 1. The first-order valence-corrected chi connectivity index (χ1v) is 9.67. The van der Waals surface area contributed by atoms with E-state index in [2.05, 4.69) is 58.8 Å². The van der Waals surface area contributed by atoms with E-state index in [0.717, 1.165) is 34.2 Å². The Labute approximate surface area is 157 Å². The second-order valence-corrected chi connectivity index (χ2v) is 7.28. The Morgan fingerprint density at radius 2 is 2.04 bits per heavy atom. The van der Waals surface area contributed by atoms with E-state index >= 15 is 0 Å². The van der Waals surface area contributed by atoms with E-state index in [-0.39, 0.29) is 18.6 Å². The van der Waals surface area contributed by atoms with E-state index in [1.165, 1.54) is 11.9 Å². The molecule has 3 aromatic rings. The number of aromatic nitrogens is 2. The van der Waals surface area contributed by atoms with Gasteiger partial charge in [0.05, 0.1) is 5.39 Å². The fourth-order valence-electron chi connectivity index (χ4n) is 2.86. The molecule has 2 aromatic heterocycles. The molecule has 26 heavy (non-hydrogen) atoms. The second kappa shape index (κ2) is 8.27. The van der Waals surface area contributed by atoms with Crippen LogP contribution in [0.2, 0.25) is 0 Å². The van der Waals surface area contributed by atoms with Crippen molar-refractivity contribution in [3.05, 3.63) is 41.5 Å². The smallest absolute Gasteiger partial charge is 0.258 e. The van der Waals surface area contributed by atoms with E-state index in [1.54, 1.807) is 11.3 Å². The number of hydrogen-bond acceptors (Lipinski definition) is 5. The number of benzene rings is 1. The maximum Gasteiger partial charge on any atom is 0.258 e. The van der Waals surface area contributed by atoms with Crippen LogP contribution in [0.3, 0.4) is 0 Å². The third kappa shape index (κ3) is 4.19. The van der Waals surface area contributed by atoms with Gasteiger partial charge in [-0.1, -0.05) is 43.2 Å². The average Bonchev–Trinajstić information content (AvgIpc) is 3.05. The van der Waals surface area contributed by atoms with Gasteiger partial charge >= 0.3 is 0 Å². The first-order chi connectivity index (χ1) is 12.6. The van der Waals surface area contributed by atoms with Crippen LogP contribution in [0.25, 0.3) is 21.3 Å². The molecule has 0 saturated heterocycles. The Bertz CT molecular complexity index is 890. The molecule has 0 aliphatic heterocycles. The molecule has 3 rings (SSSR count). The van der Waals surface area contributed by atoms with Gasteiger partial charge in [0, 0.05) is 17.0 Å². The topological polar surface area (TPSA) is 64.1 Å². The maximum atomic E-state index is 12.1. The van der Waals surface area contributed by atoms with Crippen LogP contribution in [0, 0.1) is 6.92 Å². The molecule has 136 valence electrons. The third-order valence-electron chi connectivity index (χ3n) is 4.17. The van der Waals surface area contributed by atoms with Crippen LogP contribution in [0.4, 0.5) is 0 Å². The van der Waals surface area contributed by atoms with Crippen LogP contribution in [-0.2, 0) is 4.79 Å². The molecule has 0 spiro atoms. The Morgan fingerprint density at radius 3 is 2.77 bits per heavy atom. The first kappa shape index (κ1) is 18.3. The summed E-state index contributed by atoms with van der Waals surface area (Å²) in [6, 6.07) is 8.45. The molecule has 1 amide bonds. The molecule has 0 saturated carbocycles. The number of nitrogens with zero attached hydrogens (tertiary/aromatic N) is 2. The van der Waals surface area contributed by atoms with Crippen molar-refractivity contribution in [3.63, 3.8) is 0 Å². The van der Waals surface area contributed by atoms with Gasteiger partial charge in [0.1, 0.15) is 11.2 Å². The second-order valence-electron chi connectivity index (χ2n) is 6.42. The Kier molecular flexibility index (Phi) is 5.83. The number of nitrogens with one attached hydrogen (secondary N) is 1. The number of ether oxygens (including phenoxy) is 1. The van der Waals surface area contributed by atoms with Crippen LogP contribution >= 0.6 is 11.3 Å². The summed E-state index contributed by atoms with van der Waals surface area (Å²) in [6.07, 6.45) is 3.46. The monoisotopic (exact) mass is 369 g/mol. The Morgan fingerprint density at radius 1 is 1.27 bits per heavy atom. The molecule has 2 heterocycles. The number of thiophene rings is 1. The van der Waals surface area contributed by atoms with Crippen molar-refractivity contribution in [2.24, 2.45) is 0 Å². The van der Waals surface area contributed by atoms with Crippen LogP contribution in [0.15, 0.2) is 36.0 Å². The van der Waals surface area contributed by atoms with Crippen LogP contribution in [-0.4, -0.2) is 28.5 Å². The molecule has 1 aromatic carbocycles. The zero-order valence-electron chi connectivity index (χ0n) is 15.3. The predicted octanol–water partition coefficient (Wildman–Crippen LogP) is 4.35. The van der Waals surface area contributed by atoms with Crippen LogP contribution < -0.4 is 10.1 Å². The first-order valence-electron chi connectivity index (χ1n) is 8.80. The molecule has 0 aliphatic rings. The highest BCUT2D eigenvalue weighted by atomic mass is 32.1. The molecule has 0 radical (unpaired) electrons. The van der Waals surface area contributed by atoms with Crippen molar-refractivity contribution in [2.75, 3.05) is 6.61 Å². The van der Waals surface area contributed by atoms with Gasteiger partial charge < -0.3 is 10.1 Å². The van der Waals surface area contributed by atoms with E-state index in [9.17, 15) is 4.79 Å². The lowest BCUT2D eigenvalue weighted by molar-refractivity contribution is -0.123. The zero-order chi connectivity index (χ0) is 18.5. The number of carbonyl (C=O) groups is 1. The van der Waals surface area contributed by atoms with E-state index < -0.39 is 0 Å². The minimum Gasteiger partial charge on any atom is -0.467 e. The summed E-state index contributed by atoms with van der Waals surface area (Å²) in [4.78, 5) is 21.5. The van der Waals surface area contributed by atoms with Gasteiger partial charge in [-0.25, -0.2) is 9.97 Å². The highest BCUT2D eigenvalue weighted by Crippen LogP contribution is 2.37. The SMILES string of the molecule is CCCC(C)NC(=O)COc1ncnc2scc(-c3ccc(C)cc3)c12. The van der Waals surface area contributed by atoms with Crippen LogP contribution in [0.5, 0.6) is 5.88 Å². The summed E-state index contributed by atoms with van der Waals surface area (Å²) in [5, 5.41) is 5.85. The minimum absolute atomic E-state index is 0.0522. The molecule has 0 fully saturated rings. The molecule has 0 aliphatic carbocycles. The van der Waals surface area contributed by atoms with Gasteiger partial charge in [-0.15, -0.1) is 11.3 Å². The van der Waals surface area contributed by atoms with Crippen molar-refractivity contribution >= 4 is 27.5 Å². The zero-order valence-corrected chi connectivity index (χ0v) is 16.1. The largest absolute Gasteiger partial charge is 0.467 e. The number of fused-ring (bicyclic) bond motifs is 1. The van der Waals surface area contributed by atoms with Crippen molar-refractivity contribution < 1.29 is 9.53 Å². The highest BCUT2D eigenvalue weighted by molar-refractivity contribution is 7.17. The molecule has 6 heteroatoms. The molecule has 5 nitrogen and oxygen atoms in total. The maximum absolute atomic E-state index is 12.1. The summed E-state index contributed by atoms with van der Waals surface area (Å²) in [6.45, 7) is 6.10. The summed E-state index contributed by atoms with van der Waals surface area (Å²) >= 11 is 1.55. The lowest BCUT2D eigenvalue weighted by Gasteiger charge is -2.13. The predicted molar refractivity (Wildman–Crippen MR) is 106 cm³/mol. The number of aryl methyl sites for hydroxylation is 1. The molecular formula is C20H23N3O2S. The van der Waals surface area contributed by atoms with Gasteiger partial charge in [-0.2, -0.15) is 0 Å². The summed E-state index contributed by atoms with van der Waals surface area (Å²) < 4.78 is 5.75. The Hall–Kier alpha value is -2.47. The quantitative estimate of drug-likeness (QED) is 0.672. The third-order valence-corrected chi connectivity index (χ3v) is 5.05. The van der Waals surface area contributed by atoms with E-state index in [1.807, 2.05) is 6.92 Å². The summed E-state index contributed by atoms with van der Waals surface area (Å²) in [5.41, 5.74) is 3.32. The lowest BCUT2D eigenvalue weighted by atomic mass is 10.0. The fourth-order valence-corrected chi connectivity index (χ4v) is 3.76. The minimum atomic E-state index is -0.134. The van der Waals surface area contributed by atoms with Crippen LogP contribution in [0.1, 0.15) is 32.3 Å². The molecule has 1 unspecified atom stereocenters. The van der Waals surface area contributed by atoms with Crippen molar-refractivity contribution in [2.45, 2.75) is 39.7 Å². The van der Waals surface area contributed by atoms with Crippen molar-refractivity contribution in [1.29, 1.82) is 0 Å². The molecule has 0 bridgehead atoms. The lowest BCUT2D eigenvalue weighted by Crippen LogP contribution is -2.36. The van der Waals surface area contributed by atoms with E-state index in [4.69, 9.17) is 4.74 Å². The average molecular weight is 369 g/mol. The summed E-state index contributed by atoms with van der Waals surface area (Å²) in [7, 11) is 0. The molecule has 1 N–H and O–H groups in total. The highest BCUT2D eigenvalue weighted by Gasteiger charge is 2.15. The number of rotatable bonds is 7. The van der Waals surface area contributed by atoms with Crippen molar-refractivity contribution in [1.82, 2.24) is 15.3 Å². The normalized spacial score (nSPS) is 12.1. The number of amides is 1. The Balaban J connectivity index is 1.81. The van der Waals surface area contributed by atoms with Gasteiger partial charge in [0.25, 0.3) is 5.91 Å². The standard InChI is InChI=1S/C20H23N3O2S/c1-4-5-14(3)23-17(24)10-25-19-18-16(11-26-20(18)22-12-21-19)15-8-6-13(2)7-9-15/h6-9,11-12,14H,4-5,10H2,1-3H3,(H,23,24). The summed E-state index contributed by atoms with van der Waals surface area (Å²) in [5.74, 6) is 0.315. The molecular weight excluding hydrogens is 346 g/mol. The van der Waals surface area contributed by atoms with Gasteiger partial charge in [0.2, 0.25) is 5.88 Å². The number of carbonyl (C=O) groups excluding carboxylic acids is 1. The van der Waals surface area contributed by atoms with Crippen molar-refractivity contribution in [3.8, 4) is 17.0 Å². The van der Waals surface area contributed by atoms with Gasteiger partial charge in [0.15, 0.2) is 6.61 Å².